The molecule has 0 aromatic heterocycles. The number of hydrogen-bond donors (Lipinski definition) is 1. The number of carbonyl (C=O) groups excluding carboxylic acids is 1. The monoisotopic (exact) mass is 415 g/mol. The Morgan fingerprint density at radius 2 is 1.76 bits per heavy atom. The van der Waals surface area contributed by atoms with Crippen molar-refractivity contribution in [3.63, 3.8) is 0 Å². The lowest BCUT2D eigenvalue weighted by atomic mass is 9.98. The molecule has 170 valence electrons. The molecule has 1 rings (SSSR count). The van der Waals surface area contributed by atoms with Gasteiger partial charge < -0.3 is 14.8 Å². The first-order chi connectivity index (χ1) is 13.8. The van der Waals surface area contributed by atoms with Crippen molar-refractivity contribution in [1.82, 2.24) is 5.32 Å². The fourth-order valence-electron chi connectivity index (χ4n) is 1.82. The minimum atomic E-state index is -2.41. The van der Waals surface area contributed by atoms with Gasteiger partial charge in [0.2, 0.25) is 0 Å². The number of allylic oxidation sites excluding steroid dienone is 2. The Hall–Kier alpha value is -2.01. The van der Waals surface area contributed by atoms with Crippen LogP contribution in [0.15, 0.2) is 49.6 Å². The third-order valence-corrected chi connectivity index (χ3v) is 3.45. The van der Waals surface area contributed by atoms with Crippen LogP contribution in [0.3, 0.4) is 0 Å². The molecule has 3 nitrogen and oxygen atoms in total. The molecule has 0 unspecified atom stereocenters. The summed E-state index contributed by atoms with van der Waals surface area (Å²) in [6, 6.07) is 7.04. The van der Waals surface area contributed by atoms with Gasteiger partial charge in [0, 0.05) is 5.54 Å². The van der Waals surface area contributed by atoms with Crippen LogP contribution >= 0.6 is 0 Å². The minimum absolute atomic E-state index is 0.307. The molecule has 0 amide bonds. The zero-order valence-corrected chi connectivity index (χ0v) is 19.6. The van der Waals surface area contributed by atoms with E-state index in [4.69, 9.17) is 9.53 Å². The van der Waals surface area contributed by atoms with E-state index >= 15 is 0 Å². The van der Waals surface area contributed by atoms with Crippen molar-refractivity contribution in [3.8, 4) is 5.75 Å². The largest absolute Gasteiger partial charge is 0.488 e. The fourth-order valence-corrected chi connectivity index (χ4v) is 1.82. The summed E-state index contributed by atoms with van der Waals surface area (Å²) < 4.78 is 28.2. The Kier molecular flexibility index (Phi) is 30.9. The maximum Gasteiger partial charge on any atom is 0.272 e. The van der Waals surface area contributed by atoms with E-state index in [1.165, 1.54) is 19.3 Å². The van der Waals surface area contributed by atoms with Gasteiger partial charge >= 0.3 is 0 Å². The number of benzene rings is 1. The predicted molar refractivity (Wildman–Crippen MR) is 124 cm³/mol. The Bertz CT molecular complexity index is 476. The van der Waals surface area contributed by atoms with Crippen LogP contribution < -0.4 is 10.1 Å². The van der Waals surface area contributed by atoms with E-state index in [1.807, 2.05) is 40.7 Å². The number of rotatable bonds is 8. The molecule has 0 saturated heterocycles. The molecule has 29 heavy (non-hydrogen) atoms. The molecule has 0 aliphatic carbocycles. The zero-order chi connectivity index (χ0) is 23.7. The summed E-state index contributed by atoms with van der Waals surface area (Å²) in [6.45, 7) is 19.9. The summed E-state index contributed by atoms with van der Waals surface area (Å²) >= 11 is 0. The Morgan fingerprint density at radius 3 is 2.17 bits per heavy atom. The maximum absolute atomic E-state index is 11.7. The summed E-state index contributed by atoms with van der Waals surface area (Å²) in [5.74, 6) is 0.496. The molecule has 0 heterocycles. The molecule has 0 atom stereocenters. The lowest BCUT2D eigenvalue weighted by Gasteiger charge is -2.23. The van der Waals surface area contributed by atoms with E-state index in [1.54, 1.807) is 18.2 Å². The highest BCUT2D eigenvalue weighted by Crippen LogP contribution is 2.13. The van der Waals surface area contributed by atoms with E-state index in [0.717, 1.165) is 5.56 Å². The molecule has 5 heteroatoms. The van der Waals surface area contributed by atoms with Crippen molar-refractivity contribution in [1.29, 1.82) is 0 Å². The number of hydrogen-bond acceptors (Lipinski definition) is 3. The van der Waals surface area contributed by atoms with E-state index < -0.39 is 13.0 Å². The SMILES string of the molecule is C/C=C/CCCC(C)(C)NC.C=C.C=O.CC.Cc1cccc(OCC(F)F)c1. The number of ether oxygens (including phenoxy) is 1. The molecule has 0 fully saturated rings. The minimum Gasteiger partial charge on any atom is -0.488 e. The molecule has 0 saturated carbocycles. The first-order valence-corrected chi connectivity index (χ1v) is 9.87. The van der Waals surface area contributed by atoms with Crippen molar-refractivity contribution in [3.05, 3.63) is 55.1 Å². The standard InChI is InChI=1S/C10H21N.C9H10F2O.C2H6.C2H4.CH2O/c1-5-6-7-8-9-10(2,3)11-4;1-7-3-2-4-8(5-7)12-6-9(10)11;3*1-2/h5-6,11H,7-9H2,1-4H3;2-5,9H,6H2,1H3;1-2H3;1-2H2;1H2/b6-5+;;;;. The smallest absolute Gasteiger partial charge is 0.272 e. The molecule has 1 N–H and O–H groups in total. The third kappa shape index (κ3) is 28.3. The van der Waals surface area contributed by atoms with Crippen LogP contribution in [0.25, 0.3) is 0 Å². The van der Waals surface area contributed by atoms with Crippen molar-refractivity contribution >= 4 is 6.79 Å². The number of aryl methyl sites for hydroxylation is 1. The summed E-state index contributed by atoms with van der Waals surface area (Å²) in [5.41, 5.74) is 1.31. The van der Waals surface area contributed by atoms with E-state index in [2.05, 4.69) is 51.4 Å². The van der Waals surface area contributed by atoms with E-state index in [0.29, 0.717) is 11.3 Å². The van der Waals surface area contributed by atoms with Gasteiger partial charge in [-0.2, -0.15) is 0 Å². The number of unbranched alkanes of at least 4 members (excludes halogenated alkanes) is 1. The van der Waals surface area contributed by atoms with Crippen LogP contribution in [0.4, 0.5) is 8.78 Å². The number of nitrogens with one attached hydrogen (secondary N) is 1. The molecular weight excluding hydrogens is 372 g/mol. The molecule has 0 bridgehead atoms. The summed E-state index contributed by atoms with van der Waals surface area (Å²) in [7, 11) is 2.02. The van der Waals surface area contributed by atoms with Crippen LogP contribution in [-0.4, -0.2) is 32.4 Å². The first kappa shape index (κ1) is 34.5. The van der Waals surface area contributed by atoms with Gasteiger partial charge in [0.05, 0.1) is 0 Å². The lowest BCUT2D eigenvalue weighted by Crippen LogP contribution is -2.35. The Labute approximate surface area is 178 Å². The van der Waals surface area contributed by atoms with Gasteiger partial charge in [-0.25, -0.2) is 8.78 Å². The molecule has 1 aromatic carbocycles. The molecule has 0 aliphatic rings. The quantitative estimate of drug-likeness (QED) is 0.366. The Morgan fingerprint density at radius 1 is 1.21 bits per heavy atom. The normalized spacial score (nSPS) is 9.59. The van der Waals surface area contributed by atoms with Crippen LogP contribution in [0.5, 0.6) is 5.75 Å². The van der Waals surface area contributed by atoms with Gasteiger partial charge in [-0.15, -0.1) is 13.2 Å². The second-order valence-electron chi connectivity index (χ2n) is 6.11. The first-order valence-electron chi connectivity index (χ1n) is 9.87. The average Bonchev–Trinajstić information content (AvgIpc) is 2.75. The maximum atomic E-state index is 11.7. The predicted octanol–water partition coefficient (Wildman–Crippen LogP) is 7.01. The molecule has 1 aromatic rings. The fraction of sp³-hybridized carbons (Fsp3) is 0.542. The third-order valence-electron chi connectivity index (χ3n) is 3.45. The van der Waals surface area contributed by atoms with E-state index in [9.17, 15) is 8.78 Å². The molecule has 0 radical (unpaired) electrons. The number of halogens is 2. The van der Waals surface area contributed by atoms with Gasteiger partial charge in [0.1, 0.15) is 19.1 Å². The van der Waals surface area contributed by atoms with Crippen LogP contribution in [0.1, 0.15) is 59.4 Å². The zero-order valence-electron chi connectivity index (χ0n) is 19.6. The lowest BCUT2D eigenvalue weighted by molar-refractivity contribution is -0.0980. The van der Waals surface area contributed by atoms with Crippen LogP contribution in [0.2, 0.25) is 0 Å². The summed E-state index contributed by atoms with van der Waals surface area (Å²) in [5, 5.41) is 3.29. The highest BCUT2D eigenvalue weighted by Gasteiger charge is 2.12. The Balaban J connectivity index is -0.000000172. The van der Waals surface area contributed by atoms with Gasteiger partial charge in [-0.05, 0) is 71.7 Å². The van der Waals surface area contributed by atoms with Crippen molar-refractivity contribution < 1.29 is 18.3 Å². The van der Waals surface area contributed by atoms with Crippen LogP contribution in [0, 0.1) is 6.92 Å². The topological polar surface area (TPSA) is 38.3 Å². The van der Waals surface area contributed by atoms with Gasteiger partial charge in [0.15, 0.2) is 0 Å². The van der Waals surface area contributed by atoms with Crippen molar-refractivity contribution in [2.75, 3.05) is 13.7 Å². The van der Waals surface area contributed by atoms with E-state index in [-0.39, 0.29) is 0 Å². The number of alkyl halides is 2. The second-order valence-corrected chi connectivity index (χ2v) is 6.11. The highest BCUT2D eigenvalue weighted by molar-refractivity contribution is 5.27. The number of carbonyl (C=O) groups is 1. The average molecular weight is 416 g/mol. The summed E-state index contributed by atoms with van der Waals surface area (Å²) in [6.07, 6.45) is 5.66. The highest BCUT2D eigenvalue weighted by atomic mass is 19.3. The van der Waals surface area contributed by atoms with Crippen molar-refractivity contribution in [2.45, 2.75) is 72.8 Å². The van der Waals surface area contributed by atoms with Gasteiger partial charge in [-0.3, -0.25) is 0 Å². The molecule has 0 spiro atoms. The summed E-state index contributed by atoms with van der Waals surface area (Å²) in [4.78, 5) is 8.00. The second kappa shape index (κ2) is 26.0. The van der Waals surface area contributed by atoms with Crippen molar-refractivity contribution in [2.24, 2.45) is 0 Å². The molecule has 0 aliphatic heterocycles. The molecular formula is C24H43F2NO2. The van der Waals surface area contributed by atoms with Crippen LogP contribution in [-0.2, 0) is 4.79 Å². The van der Waals surface area contributed by atoms with Gasteiger partial charge in [-0.1, -0.05) is 38.1 Å². The van der Waals surface area contributed by atoms with Gasteiger partial charge in [0.25, 0.3) is 6.43 Å².